The summed E-state index contributed by atoms with van der Waals surface area (Å²) in [7, 11) is 0. The highest BCUT2D eigenvalue weighted by atomic mass is 32.2. The number of thioether (sulfide) groups is 1. The molecule has 1 unspecified atom stereocenters. The molecule has 2 aromatic rings. The zero-order chi connectivity index (χ0) is 16.2. The summed E-state index contributed by atoms with van der Waals surface area (Å²) in [5.74, 6) is 0. The molecule has 1 heterocycles. The van der Waals surface area contributed by atoms with E-state index in [1.807, 2.05) is 66.9 Å². The number of hydrogen-bond acceptors (Lipinski definition) is 3. The van der Waals surface area contributed by atoms with Crippen LogP contribution in [0.4, 0.5) is 4.79 Å². The predicted octanol–water partition coefficient (Wildman–Crippen LogP) is 4.14. The number of amides is 2. The summed E-state index contributed by atoms with van der Waals surface area (Å²) >= 11 is 7.09. The van der Waals surface area contributed by atoms with E-state index in [1.54, 1.807) is 0 Å². The molecule has 0 fully saturated rings. The maximum atomic E-state index is 12.2. The molecular weight excluding hydrogens is 324 g/mol. The molecule has 3 nitrogen and oxygen atoms in total. The van der Waals surface area contributed by atoms with Crippen molar-refractivity contribution in [3.8, 4) is 0 Å². The monoisotopic (exact) mass is 340 g/mol. The summed E-state index contributed by atoms with van der Waals surface area (Å²) in [6.45, 7) is 0. The fraction of sp³-hybridized carbons (Fsp3) is 0.111. The zero-order valence-electron chi connectivity index (χ0n) is 12.6. The number of thiocarbonyl (C=S) groups is 1. The van der Waals surface area contributed by atoms with Crippen LogP contribution in [0, 0.1) is 0 Å². The first kappa shape index (κ1) is 15.8. The first-order valence-electron chi connectivity index (χ1n) is 7.21. The molecule has 0 aliphatic carbocycles. The van der Waals surface area contributed by atoms with Gasteiger partial charge >= 0.3 is 6.03 Å². The van der Waals surface area contributed by atoms with E-state index in [2.05, 4.69) is 10.6 Å². The second kappa shape index (κ2) is 6.98. The largest absolute Gasteiger partial charge is 0.327 e. The molecule has 0 radical (unpaired) electrons. The van der Waals surface area contributed by atoms with Gasteiger partial charge in [-0.2, -0.15) is 0 Å². The molecule has 2 N–H and O–H groups in total. The van der Waals surface area contributed by atoms with Gasteiger partial charge in [0.15, 0.2) is 0 Å². The lowest BCUT2D eigenvalue weighted by atomic mass is 9.94. The van der Waals surface area contributed by atoms with Gasteiger partial charge in [0.1, 0.15) is 0 Å². The van der Waals surface area contributed by atoms with Gasteiger partial charge in [-0.25, -0.2) is 4.79 Å². The summed E-state index contributed by atoms with van der Waals surface area (Å²) in [5, 5.41) is 5.92. The Bertz CT molecular complexity index is 757. The Kier molecular flexibility index (Phi) is 4.79. The molecule has 2 amide bonds. The highest BCUT2D eigenvalue weighted by Crippen LogP contribution is 2.34. The molecule has 0 aromatic heterocycles. The van der Waals surface area contributed by atoms with E-state index in [4.69, 9.17) is 12.2 Å². The second-order valence-electron chi connectivity index (χ2n) is 5.09. The lowest BCUT2D eigenvalue weighted by molar-refractivity contribution is 0.241. The first-order valence-corrected chi connectivity index (χ1v) is 8.84. The summed E-state index contributed by atoms with van der Waals surface area (Å²) in [6, 6.07) is 19.2. The van der Waals surface area contributed by atoms with Crippen molar-refractivity contribution < 1.29 is 4.79 Å². The zero-order valence-corrected chi connectivity index (χ0v) is 14.2. The number of carbonyl (C=O) groups is 1. The Morgan fingerprint density at radius 3 is 2.26 bits per heavy atom. The van der Waals surface area contributed by atoms with Gasteiger partial charge in [0.2, 0.25) is 0 Å². The number of urea groups is 1. The quantitative estimate of drug-likeness (QED) is 0.825. The van der Waals surface area contributed by atoms with Gasteiger partial charge in [-0.15, -0.1) is 11.8 Å². The van der Waals surface area contributed by atoms with Crippen LogP contribution in [0.2, 0.25) is 0 Å². The van der Waals surface area contributed by atoms with Gasteiger partial charge in [-0.05, 0) is 17.4 Å². The maximum absolute atomic E-state index is 12.2. The second-order valence-corrected chi connectivity index (χ2v) is 6.57. The Morgan fingerprint density at radius 2 is 1.65 bits per heavy atom. The minimum absolute atomic E-state index is 0.217. The smallest absolute Gasteiger partial charge is 0.320 e. The molecule has 116 valence electrons. The first-order chi connectivity index (χ1) is 11.2. The molecule has 0 spiro atoms. The van der Waals surface area contributed by atoms with Crippen LogP contribution in [0.1, 0.15) is 17.2 Å². The van der Waals surface area contributed by atoms with E-state index in [1.165, 1.54) is 11.8 Å². The van der Waals surface area contributed by atoms with E-state index >= 15 is 0 Å². The molecule has 1 atom stereocenters. The SMILES string of the molecule is CSC(=S)C1=C(c2ccccc2)NC(=O)NC1c1ccccc1. The number of nitrogens with one attached hydrogen (secondary N) is 2. The van der Waals surface area contributed by atoms with Crippen LogP contribution in [0.15, 0.2) is 66.2 Å². The topological polar surface area (TPSA) is 41.1 Å². The Balaban J connectivity index is 2.19. The third kappa shape index (κ3) is 3.30. The van der Waals surface area contributed by atoms with E-state index in [0.29, 0.717) is 0 Å². The highest BCUT2D eigenvalue weighted by molar-refractivity contribution is 8.23. The lowest BCUT2D eigenvalue weighted by Gasteiger charge is -2.30. The molecule has 3 rings (SSSR count). The fourth-order valence-corrected chi connectivity index (χ4v) is 3.28. The van der Waals surface area contributed by atoms with Crippen LogP contribution in [-0.4, -0.2) is 16.5 Å². The molecule has 1 aliphatic heterocycles. The summed E-state index contributed by atoms with van der Waals surface area (Å²) in [5.41, 5.74) is 3.68. The van der Waals surface area contributed by atoms with Crippen molar-refractivity contribution in [3.05, 3.63) is 77.4 Å². The van der Waals surface area contributed by atoms with Crippen molar-refractivity contribution >= 4 is 39.9 Å². The summed E-state index contributed by atoms with van der Waals surface area (Å²) in [4.78, 5) is 12.2. The van der Waals surface area contributed by atoms with Crippen LogP contribution in [0.3, 0.4) is 0 Å². The third-order valence-electron chi connectivity index (χ3n) is 3.67. The molecular formula is C18H16N2OS2. The van der Waals surface area contributed by atoms with Crippen molar-refractivity contribution in [3.63, 3.8) is 0 Å². The van der Waals surface area contributed by atoms with Gasteiger partial charge in [-0.1, -0.05) is 72.9 Å². The molecule has 23 heavy (non-hydrogen) atoms. The number of benzene rings is 2. The van der Waals surface area contributed by atoms with Crippen molar-refractivity contribution in [1.82, 2.24) is 10.6 Å². The number of rotatable bonds is 3. The van der Waals surface area contributed by atoms with E-state index < -0.39 is 0 Å². The Labute approximate surface area is 145 Å². The number of carbonyl (C=O) groups excluding carboxylic acids is 1. The van der Waals surface area contributed by atoms with Crippen molar-refractivity contribution in [2.75, 3.05) is 6.26 Å². The van der Waals surface area contributed by atoms with Gasteiger partial charge in [-0.3, -0.25) is 0 Å². The lowest BCUT2D eigenvalue weighted by Crippen LogP contribution is -2.44. The molecule has 0 saturated carbocycles. The van der Waals surface area contributed by atoms with Gasteiger partial charge < -0.3 is 10.6 Å². The minimum Gasteiger partial charge on any atom is -0.327 e. The normalized spacial score (nSPS) is 17.4. The van der Waals surface area contributed by atoms with E-state index in [0.717, 1.165) is 26.6 Å². The fourth-order valence-electron chi connectivity index (χ4n) is 2.62. The molecule has 0 bridgehead atoms. The Morgan fingerprint density at radius 1 is 1.04 bits per heavy atom. The highest BCUT2D eigenvalue weighted by Gasteiger charge is 2.30. The van der Waals surface area contributed by atoms with Gasteiger partial charge in [0, 0.05) is 5.57 Å². The predicted molar refractivity (Wildman–Crippen MR) is 100 cm³/mol. The maximum Gasteiger partial charge on any atom is 0.320 e. The molecule has 2 aromatic carbocycles. The van der Waals surface area contributed by atoms with Crippen molar-refractivity contribution in [1.29, 1.82) is 0 Å². The van der Waals surface area contributed by atoms with Crippen LogP contribution in [-0.2, 0) is 0 Å². The Hall–Kier alpha value is -2.11. The summed E-state index contributed by atoms with van der Waals surface area (Å²) in [6.07, 6.45) is 1.95. The minimum atomic E-state index is -0.250. The summed E-state index contributed by atoms with van der Waals surface area (Å²) < 4.78 is 0.769. The molecule has 5 heteroatoms. The van der Waals surface area contributed by atoms with Crippen LogP contribution in [0.25, 0.3) is 5.70 Å². The van der Waals surface area contributed by atoms with E-state index in [9.17, 15) is 4.79 Å². The standard InChI is InChI=1S/C18H16N2OS2/c1-23-17(22)14-15(12-8-4-2-5-9-12)19-18(21)20-16(14)13-10-6-3-7-11-13/h2-11,15H,1H3,(H2,19,20,21). The molecule has 0 saturated heterocycles. The van der Waals surface area contributed by atoms with Gasteiger partial charge in [0.05, 0.1) is 15.9 Å². The van der Waals surface area contributed by atoms with Crippen LogP contribution >= 0.6 is 24.0 Å². The van der Waals surface area contributed by atoms with Crippen molar-refractivity contribution in [2.24, 2.45) is 0 Å². The van der Waals surface area contributed by atoms with Crippen LogP contribution in [0.5, 0.6) is 0 Å². The molecule has 1 aliphatic rings. The third-order valence-corrected chi connectivity index (χ3v) is 4.98. The average molecular weight is 340 g/mol. The van der Waals surface area contributed by atoms with Crippen molar-refractivity contribution in [2.45, 2.75) is 6.04 Å². The number of hydrogen-bond donors (Lipinski definition) is 2. The van der Waals surface area contributed by atoms with Crippen LogP contribution < -0.4 is 10.6 Å². The average Bonchev–Trinajstić information content (AvgIpc) is 2.62. The van der Waals surface area contributed by atoms with E-state index in [-0.39, 0.29) is 12.1 Å². The van der Waals surface area contributed by atoms with Gasteiger partial charge in [0.25, 0.3) is 0 Å².